The molecule has 18 heavy (non-hydrogen) atoms. The average Bonchev–Trinajstić information content (AvgIpc) is 3.04. The highest BCUT2D eigenvalue weighted by molar-refractivity contribution is 7.00. The molecule has 3 nitrogen and oxygen atoms in total. The largest absolute Gasteiger partial charge is 0.355 e. The summed E-state index contributed by atoms with van der Waals surface area (Å²) < 4.78 is 8.49. The Balaban J connectivity index is 1.94. The first-order valence-corrected chi connectivity index (χ1v) is 6.44. The molecule has 2 aromatic carbocycles. The molecule has 0 saturated carbocycles. The minimum Gasteiger partial charge on any atom is -0.355 e. The van der Waals surface area contributed by atoms with Crippen LogP contribution in [0.2, 0.25) is 0 Å². The second kappa shape index (κ2) is 3.65. The highest BCUT2D eigenvalue weighted by atomic mass is 32.1. The Morgan fingerprint density at radius 2 is 1.78 bits per heavy atom. The van der Waals surface area contributed by atoms with Gasteiger partial charge in [0.1, 0.15) is 11.0 Å². The molecule has 0 amide bonds. The lowest BCUT2D eigenvalue weighted by Gasteiger charge is -1.96. The van der Waals surface area contributed by atoms with Crippen LogP contribution in [-0.2, 0) is 0 Å². The van der Waals surface area contributed by atoms with Gasteiger partial charge in [-0.15, -0.1) is 0 Å². The monoisotopic (exact) mass is 251 g/mol. The van der Waals surface area contributed by atoms with Gasteiger partial charge >= 0.3 is 0 Å². The summed E-state index contributed by atoms with van der Waals surface area (Å²) in [7, 11) is 0. The van der Waals surface area contributed by atoms with Gasteiger partial charge in [-0.05, 0) is 24.3 Å². The summed E-state index contributed by atoms with van der Waals surface area (Å²) in [6, 6.07) is 16.6. The number of hydrogen-bond donors (Lipinski definition) is 1. The van der Waals surface area contributed by atoms with Crippen LogP contribution in [0.5, 0.6) is 0 Å². The van der Waals surface area contributed by atoms with Crippen molar-refractivity contribution in [3.63, 3.8) is 0 Å². The van der Waals surface area contributed by atoms with Crippen molar-refractivity contribution in [2.75, 3.05) is 0 Å². The van der Waals surface area contributed by atoms with Crippen LogP contribution in [0.3, 0.4) is 0 Å². The summed E-state index contributed by atoms with van der Waals surface area (Å²) in [5, 5.41) is 1.23. The zero-order chi connectivity index (χ0) is 11.9. The minimum absolute atomic E-state index is 0.955. The Bertz CT molecular complexity index is 811. The summed E-state index contributed by atoms with van der Waals surface area (Å²) in [4.78, 5) is 3.42. The van der Waals surface area contributed by atoms with Gasteiger partial charge in [0, 0.05) is 22.2 Å². The first kappa shape index (κ1) is 9.79. The number of nitrogens with one attached hydrogen (secondary N) is 1. The van der Waals surface area contributed by atoms with Crippen molar-refractivity contribution in [1.29, 1.82) is 0 Å². The van der Waals surface area contributed by atoms with Crippen LogP contribution >= 0.6 is 11.7 Å². The summed E-state index contributed by atoms with van der Waals surface area (Å²) >= 11 is 1.25. The molecule has 0 spiro atoms. The summed E-state index contributed by atoms with van der Waals surface area (Å²) in [5.74, 6) is 0. The fourth-order valence-corrected chi connectivity index (χ4v) is 2.70. The van der Waals surface area contributed by atoms with Crippen molar-refractivity contribution in [2.24, 2.45) is 0 Å². The van der Waals surface area contributed by atoms with E-state index >= 15 is 0 Å². The molecular formula is C14H9N3S. The molecule has 0 atom stereocenters. The first-order chi connectivity index (χ1) is 8.90. The predicted molar refractivity (Wildman–Crippen MR) is 74.7 cm³/mol. The Labute approximate surface area is 107 Å². The Hall–Kier alpha value is -2.20. The molecule has 4 heteroatoms. The molecular weight excluding hydrogens is 242 g/mol. The summed E-state index contributed by atoms with van der Waals surface area (Å²) in [5.41, 5.74) is 5.33. The molecule has 0 bridgehead atoms. The van der Waals surface area contributed by atoms with Crippen molar-refractivity contribution >= 4 is 33.7 Å². The van der Waals surface area contributed by atoms with Gasteiger partial charge in [-0.3, -0.25) is 0 Å². The van der Waals surface area contributed by atoms with E-state index in [0.717, 1.165) is 27.8 Å². The van der Waals surface area contributed by atoms with Crippen LogP contribution in [0.1, 0.15) is 0 Å². The number of aromatic amines is 1. The number of fused-ring (bicyclic) bond motifs is 2. The van der Waals surface area contributed by atoms with Crippen molar-refractivity contribution in [3.05, 3.63) is 48.5 Å². The predicted octanol–water partition coefficient (Wildman–Crippen LogP) is 3.84. The molecule has 2 heterocycles. The van der Waals surface area contributed by atoms with Crippen molar-refractivity contribution in [1.82, 2.24) is 13.7 Å². The van der Waals surface area contributed by atoms with E-state index in [9.17, 15) is 0 Å². The quantitative estimate of drug-likeness (QED) is 0.558. The molecule has 4 rings (SSSR count). The third-order valence-electron chi connectivity index (χ3n) is 3.09. The third kappa shape index (κ3) is 1.43. The van der Waals surface area contributed by atoms with E-state index in [1.54, 1.807) is 0 Å². The SMILES string of the molecule is c1ccc2[nH]c(-c3ccc4nsnc4c3)cc2c1. The van der Waals surface area contributed by atoms with Crippen molar-refractivity contribution in [3.8, 4) is 11.3 Å². The van der Waals surface area contributed by atoms with Gasteiger partial charge in [-0.2, -0.15) is 8.75 Å². The van der Waals surface area contributed by atoms with Crippen molar-refractivity contribution < 1.29 is 0 Å². The molecule has 0 radical (unpaired) electrons. The van der Waals surface area contributed by atoms with Crippen LogP contribution in [0.25, 0.3) is 33.2 Å². The zero-order valence-corrected chi connectivity index (χ0v) is 10.2. The number of benzene rings is 2. The van der Waals surface area contributed by atoms with E-state index in [2.05, 4.69) is 44.1 Å². The van der Waals surface area contributed by atoms with Gasteiger partial charge in [-0.1, -0.05) is 24.3 Å². The number of rotatable bonds is 1. The third-order valence-corrected chi connectivity index (χ3v) is 3.65. The van der Waals surface area contributed by atoms with Gasteiger partial charge in [0.15, 0.2) is 0 Å². The lowest BCUT2D eigenvalue weighted by molar-refractivity contribution is 1.45. The molecule has 0 saturated heterocycles. The van der Waals surface area contributed by atoms with Crippen LogP contribution in [-0.4, -0.2) is 13.7 Å². The molecule has 4 aromatic rings. The lowest BCUT2D eigenvalue weighted by Crippen LogP contribution is -1.77. The average molecular weight is 251 g/mol. The maximum Gasteiger partial charge on any atom is 0.105 e. The second-order valence-electron chi connectivity index (χ2n) is 4.24. The molecule has 0 aliphatic rings. The zero-order valence-electron chi connectivity index (χ0n) is 9.42. The summed E-state index contributed by atoms with van der Waals surface area (Å²) in [6.07, 6.45) is 0. The van der Waals surface area contributed by atoms with E-state index < -0.39 is 0 Å². The number of para-hydroxylation sites is 1. The number of nitrogens with zero attached hydrogens (tertiary/aromatic N) is 2. The van der Waals surface area contributed by atoms with Crippen LogP contribution in [0.4, 0.5) is 0 Å². The minimum atomic E-state index is 0.955. The van der Waals surface area contributed by atoms with Gasteiger partial charge in [0.25, 0.3) is 0 Å². The van der Waals surface area contributed by atoms with Gasteiger partial charge < -0.3 is 4.98 Å². The lowest BCUT2D eigenvalue weighted by atomic mass is 10.1. The second-order valence-corrected chi connectivity index (χ2v) is 4.77. The number of aromatic nitrogens is 3. The fourth-order valence-electron chi connectivity index (χ4n) is 2.18. The summed E-state index contributed by atoms with van der Waals surface area (Å²) in [6.45, 7) is 0. The smallest absolute Gasteiger partial charge is 0.105 e. The Morgan fingerprint density at radius 1 is 0.889 bits per heavy atom. The standard InChI is InChI=1S/C14H9N3S/c1-2-4-11-9(3-1)7-13(15-11)10-5-6-12-14(8-10)17-18-16-12/h1-8,15H. The Kier molecular flexibility index (Phi) is 1.98. The molecule has 0 fully saturated rings. The van der Waals surface area contributed by atoms with E-state index in [0.29, 0.717) is 0 Å². The maximum atomic E-state index is 4.28. The van der Waals surface area contributed by atoms with E-state index in [4.69, 9.17) is 0 Å². The molecule has 86 valence electrons. The molecule has 0 unspecified atom stereocenters. The normalized spacial score (nSPS) is 11.3. The van der Waals surface area contributed by atoms with E-state index in [1.165, 1.54) is 17.1 Å². The highest BCUT2D eigenvalue weighted by Gasteiger charge is 2.05. The maximum absolute atomic E-state index is 4.28. The van der Waals surface area contributed by atoms with Crippen LogP contribution in [0, 0.1) is 0 Å². The molecule has 2 aromatic heterocycles. The Morgan fingerprint density at radius 3 is 2.72 bits per heavy atom. The van der Waals surface area contributed by atoms with E-state index in [1.807, 2.05) is 18.2 Å². The fraction of sp³-hybridized carbons (Fsp3) is 0. The number of hydrogen-bond acceptors (Lipinski definition) is 3. The number of H-pyrrole nitrogens is 1. The van der Waals surface area contributed by atoms with Gasteiger partial charge in [-0.25, -0.2) is 0 Å². The van der Waals surface area contributed by atoms with Crippen LogP contribution in [0.15, 0.2) is 48.5 Å². The molecule has 0 aliphatic heterocycles. The molecule has 1 N–H and O–H groups in total. The van der Waals surface area contributed by atoms with E-state index in [-0.39, 0.29) is 0 Å². The first-order valence-electron chi connectivity index (χ1n) is 5.71. The van der Waals surface area contributed by atoms with Gasteiger partial charge in [0.05, 0.1) is 11.7 Å². The molecule has 0 aliphatic carbocycles. The van der Waals surface area contributed by atoms with Crippen molar-refractivity contribution in [2.45, 2.75) is 0 Å². The highest BCUT2D eigenvalue weighted by Crippen LogP contribution is 2.26. The topological polar surface area (TPSA) is 41.6 Å². The van der Waals surface area contributed by atoms with Crippen LogP contribution < -0.4 is 0 Å². The van der Waals surface area contributed by atoms with Gasteiger partial charge in [0.2, 0.25) is 0 Å².